The Kier molecular flexibility index (Phi) is 1.65. The lowest BCUT2D eigenvalue weighted by atomic mass is 10.3. The fourth-order valence-corrected chi connectivity index (χ4v) is 0.557. The van der Waals surface area contributed by atoms with E-state index >= 15 is 0 Å². The summed E-state index contributed by atoms with van der Waals surface area (Å²) in [5.41, 5.74) is 0.282. The predicted molar refractivity (Wildman–Crippen MR) is 31.6 cm³/mol. The number of aromatic nitrogens is 3. The molecule has 0 radical (unpaired) electrons. The van der Waals surface area contributed by atoms with Crippen LogP contribution < -0.4 is 0 Å². The Bertz CT molecular complexity index is 261. The quantitative estimate of drug-likeness (QED) is 0.524. The number of rotatable bonds is 1. The maximum atomic E-state index is 8.87. The summed E-state index contributed by atoms with van der Waals surface area (Å²) in [4.78, 5) is 0. The fourth-order valence-electron chi connectivity index (χ4n) is 0.557. The molecule has 52 valence electrons. The first kappa shape index (κ1) is 6.71. The smallest absolute Gasteiger partial charge is 0.186 e. The van der Waals surface area contributed by atoms with Crippen LogP contribution in [0.3, 0.4) is 0 Å². The highest BCUT2D eigenvalue weighted by Gasteiger charge is 2.08. The summed E-state index contributed by atoms with van der Waals surface area (Å²) in [5.74, 6) is 0. The maximum Gasteiger partial charge on any atom is 0.186 e. The van der Waals surface area contributed by atoms with Crippen molar-refractivity contribution in [3.8, 4) is 6.07 Å². The lowest BCUT2D eigenvalue weighted by Gasteiger charge is -1.89. The molecule has 0 aromatic carbocycles. The summed E-state index contributed by atoms with van der Waals surface area (Å²) in [7, 11) is 1.67. The molecule has 0 aliphatic rings. The third-order valence-electron chi connectivity index (χ3n) is 1.02. The van der Waals surface area contributed by atoms with Crippen LogP contribution in [0.4, 0.5) is 0 Å². The van der Waals surface area contributed by atoms with Gasteiger partial charge >= 0.3 is 0 Å². The van der Waals surface area contributed by atoms with E-state index in [1.165, 1.54) is 10.9 Å². The highest BCUT2D eigenvalue weighted by Crippen LogP contribution is 2.04. The zero-order valence-corrected chi connectivity index (χ0v) is 5.39. The van der Waals surface area contributed by atoms with E-state index in [0.717, 1.165) is 0 Å². The van der Waals surface area contributed by atoms with Crippen LogP contribution >= 0.6 is 0 Å². The van der Waals surface area contributed by atoms with Gasteiger partial charge in [0.05, 0.1) is 6.20 Å². The van der Waals surface area contributed by atoms with Crippen molar-refractivity contribution in [1.29, 1.82) is 5.26 Å². The monoisotopic (exact) mass is 138 g/mol. The van der Waals surface area contributed by atoms with E-state index < -0.39 is 6.10 Å². The molecule has 0 amide bonds. The fraction of sp³-hybridized carbons (Fsp3) is 0.400. The van der Waals surface area contributed by atoms with E-state index in [1.807, 2.05) is 0 Å². The normalized spacial score (nSPS) is 12.5. The van der Waals surface area contributed by atoms with E-state index in [2.05, 4.69) is 10.3 Å². The molecule has 1 atom stereocenters. The van der Waals surface area contributed by atoms with Crippen LogP contribution in [-0.4, -0.2) is 20.1 Å². The number of hydrogen-bond acceptors (Lipinski definition) is 4. The van der Waals surface area contributed by atoms with Gasteiger partial charge in [-0.2, -0.15) is 5.26 Å². The molecule has 1 aromatic heterocycles. The summed E-state index contributed by atoms with van der Waals surface area (Å²) >= 11 is 0. The standard InChI is InChI=1S/C5H6N4O/c1-9-3-4(7-8-9)5(10)2-6/h3,5,10H,1H3/t5-/m1/s1. The van der Waals surface area contributed by atoms with Gasteiger partial charge in [-0.3, -0.25) is 4.68 Å². The van der Waals surface area contributed by atoms with Gasteiger partial charge < -0.3 is 5.11 Å². The first-order valence-electron chi connectivity index (χ1n) is 2.68. The van der Waals surface area contributed by atoms with Crippen LogP contribution in [-0.2, 0) is 7.05 Å². The van der Waals surface area contributed by atoms with Crippen molar-refractivity contribution in [3.63, 3.8) is 0 Å². The number of aryl methyl sites for hydroxylation is 1. The van der Waals surface area contributed by atoms with Crippen LogP contribution in [0.15, 0.2) is 6.20 Å². The van der Waals surface area contributed by atoms with Crippen molar-refractivity contribution >= 4 is 0 Å². The molecule has 5 heteroatoms. The molecule has 1 rings (SSSR count). The molecule has 1 heterocycles. The summed E-state index contributed by atoms with van der Waals surface area (Å²) in [6, 6.07) is 1.63. The van der Waals surface area contributed by atoms with E-state index in [9.17, 15) is 0 Å². The average molecular weight is 138 g/mol. The molecule has 0 saturated heterocycles. The minimum Gasteiger partial charge on any atom is -0.373 e. The minimum atomic E-state index is -1.16. The van der Waals surface area contributed by atoms with Crippen LogP contribution in [0, 0.1) is 11.3 Å². The zero-order valence-electron chi connectivity index (χ0n) is 5.39. The van der Waals surface area contributed by atoms with Crippen molar-refractivity contribution in [3.05, 3.63) is 11.9 Å². The third kappa shape index (κ3) is 1.11. The van der Waals surface area contributed by atoms with Gasteiger partial charge in [0.2, 0.25) is 0 Å². The third-order valence-corrected chi connectivity index (χ3v) is 1.02. The Morgan fingerprint density at radius 3 is 3.00 bits per heavy atom. The molecule has 1 N–H and O–H groups in total. The summed E-state index contributed by atoms with van der Waals surface area (Å²) in [6.07, 6.45) is 0.335. The van der Waals surface area contributed by atoms with Crippen molar-refractivity contribution in [2.75, 3.05) is 0 Å². The van der Waals surface area contributed by atoms with Crippen molar-refractivity contribution in [1.82, 2.24) is 15.0 Å². The van der Waals surface area contributed by atoms with Gasteiger partial charge in [0.15, 0.2) is 6.10 Å². The number of aliphatic hydroxyl groups is 1. The molecule has 0 aliphatic carbocycles. The van der Waals surface area contributed by atoms with Crippen molar-refractivity contribution in [2.24, 2.45) is 7.05 Å². The number of nitriles is 1. The highest BCUT2D eigenvalue weighted by molar-refractivity contribution is 5.05. The van der Waals surface area contributed by atoms with Gasteiger partial charge in [-0.1, -0.05) is 5.21 Å². The van der Waals surface area contributed by atoms with E-state index in [4.69, 9.17) is 10.4 Å². The van der Waals surface area contributed by atoms with Crippen molar-refractivity contribution < 1.29 is 5.11 Å². The first-order chi connectivity index (χ1) is 4.74. The van der Waals surface area contributed by atoms with Gasteiger partial charge in [0, 0.05) is 7.05 Å². The van der Waals surface area contributed by atoms with E-state index in [-0.39, 0.29) is 5.69 Å². The molecule has 0 spiro atoms. The Morgan fingerprint density at radius 2 is 2.60 bits per heavy atom. The molecule has 10 heavy (non-hydrogen) atoms. The average Bonchev–Trinajstić information content (AvgIpc) is 2.34. The molecule has 5 nitrogen and oxygen atoms in total. The Labute approximate surface area is 57.5 Å². The second-order valence-corrected chi connectivity index (χ2v) is 1.85. The second kappa shape index (κ2) is 2.45. The first-order valence-corrected chi connectivity index (χ1v) is 2.68. The van der Waals surface area contributed by atoms with Crippen LogP contribution in [0.5, 0.6) is 0 Å². The van der Waals surface area contributed by atoms with Gasteiger partial charge in [-0.15, -0.1) is 5.10 Å². The molecule has 0 aliphatic heterocycles. The van der Waals surface area contributed by atoms with Gasteiger partial charge in [-0.25, -0.2) is 0 Å². The molecule has 0 saturated carbocycles. The highest BCUT2D eigenvalue weighted by atomic mass is 16.3. The Balaban J connectivity index is 2.87. The van der Waals surface area contributed by atoms with E-state index in [0.29, 0.717) is 0 Å². The molecule has 0 fully saturated rings. The lowest BCUT2D eigenvalue weighted by Crippen LogP contribution is -1.92. The molecule has 0 bridgehead atoms. The molecule has 1 aromatic rings. The van der Waals surface area contributed by atoms with Crippen LogP contribution in [0.1, 0.15) is 11.8 Å². The summed E-state index contributed by atoms with van der Waals surface area (Å²) in [6.45, 7) is 0. The predicted octanol–water partition coefficient (Wildman–Crippen LogP) is -0.628. The van der Waals surface area contributed by atoms with Gasteiger partial charge in [0.1, 0.15) is 11.8 Å². The second-order valence-electron chi connectivity index (χ2n) is 1.85. The summed E-state index contributed by atoms with van der Waals surface area (Å²) in [5, 5.41) is 24.2. The van der Waals surface area contributed by atoms with Crippen molar-refractivity contribution in [2.45, 2.75) is 6.10 Å². The largest absolute Gasteiger partial charge is 0.373 e. The number of nitrogens with zero attached hydrogens (tertiary/aromatic N) is 4. The molecule has 0 unspecified atom stereocenters. The van der Waals surface area contributed by atoms with E-state index in [1.54, 1.807) is 13.1 Å². The van der Waals surface area contributed by atoms with Crippen LogP contribution in [0.2, 0.25) is 0 Å². The zero-order chi connectivity index (χ0) is 7.56. The number of aliphatic hydroxyl groups excluding tert-OH is 1. The maximum absolute atomic E-state index is 8.87. The molecular weight excluding hydrogens is 132 g/mol. The SMILES string of the molecule is Cn1cc([C@H](O)C#N)nn1. The summed E-state index contributed by atoms with van der Waals surface area (Å²) < 4.78 is 1.43. The van der Waals surface area contributed by atoms with Gasteiger partial charge in [0.25, 0.3) is 0 Å². The lowest BCUT2D eigenvalue weighted by molar-refractivity contribution is 0.231. The molecular formula is C5H6N4O. The topological polar surface area (TPSA) is 74.7 Å². The minimum absolute atomic E-state index is 0.282. The van der Waals surface area contributed by atoms with Crippen LogP contribution in [0.25, 0.3) is 0 Å². The Morgan fingerprint density at radius 1 is 1.90 bits per heavy atom. The Hall–Kier alpha value is -1.41. The van der Waals surface area contributed by atoms with Gasteiger partial charge in [-0.05, 0) is 0 Å². The number of hydrogen-bond donors (Lipinski definition) is 1.